The number of aromatic nitrogens is 4. The Kier molecular flexibility index (Phi) is 13.0. The molecule has 2 aromatic heterocycles. The van der Waals surface area contributed by atoms with Gasteiger partial charge in [-0.15, -0.1) is 0 Å². The molecule has 3 unspecified atom stereocenters. The molecule has 6 aliphatic rings. The zero-order valence-electron chi connectivity index (χ0n) is 37.4. The van der Waals surface area contributed by atoms with Gasteiger partial charge in [0.1, 0.15) is 17.8 Å². The number of benzene rings is 1. The van der Waals surface area contributed by atoms with Gasteiger partial charge in [-0.05, 0) is 108 Å². The number of imidazole rings is 1. The number of carbonyl (C=O) groups excluding carboxylic acids is 3. The van der Waals surface area contributed by atoms with Crippen LogP contribution >= 0.6 is 0 Å². The summed E-state index contributed by atoms with van der Waals surface area (Å²) in [4.78, 5) is 62.2. The molecule has 4 N–H and O–H groups in total. The molecule has 3 amide bonds. The number of fused-ring (bicyclic) bond motifs is 2. The molecule has 0 radical (unpaired) electrons. The summed E-state index contributed by atoms with van der Waals surface area (Å²) in [6.45, 7) is 4.16. The molecule has 356 valence electrons. The number of nitrogens with two attached hydrogens (primary N) is 1. The highest BCUT2D eigenvalue weighted by Crippen LogP contribution is 2.37. The van der Waals surface area contributed by atoms with E-state index in [0.29, 0.717) is 30.3 Å². The van der Waals surface area contributed by atoms with E-state index in [1.165, 1.54) is 26.9 Å². The monoisotopic (exact) mass is 921 g/mol. The Morgan fingerprint density at radius 2 is 1.83 bits per heavy atom. The molecule has 0 bridgehead atoms. The second-order valence-electron chi connectivity index (χ2n) is 19.2. The number of imide groups is 1. The standard InChI is InChI=1S/C45H59F4N13O4/c1-56(16-12-27-13-17-58(18-14-27)23-29-4-3-5-34-39(29)57(2)44(66)62(34)35-10-11-37(63)54-43(35)65)22-28-6-8-31(9-7-28)61-25-33(38(55-61)40(46)47)52-42(64)32-21-51-60-19-15-36(53-41(32)60)59-24-30(50)20-45(48,49)26-59/h3-5,15,19,21,25,27-28,30-32,35,40-41H,6-14,16-18,20,22-24,26,50H2,1-2H3,(H,52,64)(H,54,63,65)/t28-,30-,31-,32?,35?,41?/m1/s1. The van der Waals surface area contributed by atoms with E-state index in [1.807, 2.05) is 18.2 Å². The summed E-state index contributed by atoms with van der Waals surface area (Å²) in [5, 5.41) is 15.0. The highest BCUT2D eigenvalue weighted by Gasteiger charge is 2.43. The number of piperidine rings is 3. The number of rotatable bonds is 12. The van der Waals surface area contributed by atoms with Gasteiger partial charge in [-0.2, -0.15) is 10.2 Å². The number of amidine groups is 1. The predicted octanol–water partition coefficient (Wildman–Crippen LogP) is 4.19. The van der Waals surface area contributed by atoms with Crippen LogP contribution in [0.1, 0.15) is 94.0 Å². The maximum atomic E-state index is 14.3. The molecule has 9 rings (SSSR count). The van der Waals surface area contributed by atoms with Gasteiger partial charge in [0.15, 0.2) is 11.9 Å². The summed E-state index contributed by atoms with van der Waals surface area (Å²) in [5.74, 6) is -3.97. The lowest BCUT2D eigenvalue weighted by Crippen LogP contribution is -2.55. The number of amides is 3. The first kappa shape index (κ1) is 45.7. The highest BCUT2D eigenvalue weighted by atomic mass is 19.3. The number of hydrazone groups is 1. The largest absolute Gasteiger partial charge is 0.349 e. The number of para-hydroxylation sites is 1. The molecule has 1 aliphatic carbocycles. The smallest absolute Gasteiger partial charge is 0.329 e. The number of alkyl halides is 4. The Morgan fingerprint density at radius 3 is 2.56 bits per heavy atom. The van der Waals surface area contributed by atoms with E-state index in [1.54, 1.807) is 28.6 Å². The molecule has 4 atom stereocenters. The quantitative estimate of drug-likeness (QED) is 0.176. The SMILES string of the molecule is CN(CCC1CCN(Cc2cccc3c2n(C)c(=O)n3C2CCC(=O)NC2=O)CC1)C[C@H]1CC[C@H](n2cc(NC(=O)C3C=NN4C=CC(N5C[C@H](N)CC(F)(F)C5)=NC34)c(C(F)F)n2)CC1. The number of hydrogen-bond donors (Lipinski definition) is 3. The van der Waals surface area contributed by atoms with Crippen molar-refractivity contribution in [1.29, 1.82) is 0 Å². The fraction of sp³-hybridized carbons (Fsp3) is 0.622. The summed E-state index contributed by atoms with van der Waals surface area (Å²) in [6.07, 6.45) is 8.91. The van der Waals surface area contributed by atoms with Crippen LogP contribution in [0.15, 0.2) is 51.6 Å². The van der Waals surface area contributed by atoms with Gasteiger partial charge in [-0.25, -0.2) is 32.4 Å². The molecule has 4 fully saturated rings. The first-order valence-electron chi connectivity index (χ1n) is 23.2. The van der Waals surface area contributed by atoms with Crippen molar-refractivity contribution in [2.45, 2.75) is 107 Å². The molecule has 3 aromatic rings. The van der Waals surface area contributed by atoms with Crippen molar-refractivity contribution in [1.82, 2.24) is 43.9 Å². The topological polar surface area (TPSA) is 184 Å². The zero-order valence-corrected chi connectivity index (χ0v) is 37.4. The number of halogens is 4. The van der Waals surface area contributed by atoms with E-state index >= 15 is 0 Å². The van der Waals surface area contributed by atoms with Crippen molar-refractivity contribution >= 4 is 46.5 Å². The van der Waals surface area contributed by atoms with Crippen LogP contribution in [-0.4, -0.2) is 133 Å². The maximum absolute atomic E-state index is 14.3. The normalized spacial score (nSPS) is 27.3. The number of hydrogen-bond acceptors (Lipinski definition) is 12. The maximum Gasteiger partial charge on any atom is 0.329 e. The van der Waals surface area contributed by atoms with Crippen LogP contribution in [0.25, 0.3) is 11.0 Å². The second kappa shape index (κ2) is 18.7. The Labute approximate surface area is 379 Å². The summed E-state index contributed by atoms with van der Waals surface area (Å²) >= 11 is 0. The number of aryl methyl sites for hydroxylation is 1. The fourth-order valence-corrected chi connectivity index (χ4v) is 10.9. The molecule has 1 saturated carbocycles. The number of nitrogens with one attached hydrogen (secondary N) is 2. The third kappa shape index (κ3) is 9.56. The Bertz CT molecular complexity index is 2470. The molecule has 3 saturated heterocycles. The van der Waals surface area contributed by atoms with Crippen LogP contribution in [0.5, 0.6) is 0 Å². The Balaban J connectivity index is 0.729. The molecular weight excluding hydrogens is 863 g/mol. The van der Waals surface area contributed by atoms with Crippen molar-refractivity contribution in [3.05, 3.63) is 58.4 Å². The second-order valence-corrected chi connectivity index (χ2v) is 19.2. The minimum absolute atomic E-state index is 0.0715. The van der Waals surface area contributed by atoms with E-state index in [4.69, 9.17) is 5.73 Å². The van der Waals surface area contributed by atoms with Crippen molar-refractivity contribution in [3.63, 3.8) is 0 Å². The van der Waals surface area contributed by atoms with Gasteiger partial charge in [0, 0.05) is 64.2 Å². The van der Waals surface area contributed by atoms with Gasteiger partial charge in [0.25, 0.3) is 12.3 Å². The molecule has 21 heteroatoms. The summed E-state index contributed by atoms with van der Waals surface area (Å²) in [7, 11) is 3.90. The van der Waals surface area contributed by atoms with Gasteiger partial charge in [-0.1, -0.05) is 12.1 Å². The van der Waals surface area contributed by atoms with E-state index in [-0.39, 0.29) is 42.1 Å². The van der Waals surface area contributed by atoms with Crippen molar-refractivity contribution in [2.75, 3.05) is 51.6 Å². The first-order chi connectivity index (χ1) is 31.6. The van der Waals surface area contributed by atoms with Gasteiger partial charge in [0.2, 0.25) is 17.7 Å². The number of anilines is 1. The van der Waals surface area contributed by atoms with Crippen molar-refractivity contribution < 1.29 is 31.9 Å². The van der Waals surface area contributed by atoms with E-state index < -0.39 is 67.0 Å². The van der Waals surface area contributed by atoms with Crippen molar-refractivity contribution in [2.24, 2.45) is 40.6 Å². The van der Waals surface area contributed by atoms with Gasteiger partial charge >= 0.3 is 5.69 Å². The molecule has 5 aliphatic heterocycles. The number of aliphatic imine (C=N–C) groups is 1. The summed E-state index contributed by atoms with van der Waals surface area (Å²) < 4.78 is 62.0. The highest BCUT2D eigenvalue weighted by molar-refractivity contribution is 6.04. The van der Waals surface area contributed by atoms with E-state index in [0.717, 1.165) is 82.2 Å². The van der Waals surface area contributed by atoms with Crippen LogP contribution in [0.2, 0.25) is 0 Å². The minimum Gasteiger partial charge on any atom is -0.349 e. The van der Waals surface area contributed by atoms with E-state index in [9.17, 15) is 36.7 Å². The molecule has 0 spiro atoms. The zero-order chi connectivity index (χ0) is 46.4. The van der Waals surface area contributed by atoms with Crippen LogP contribution in [0, 0.1) is 17.8 Å². The average molecular weight is 922 g/mol. The van der Waals surface area contributed by atoms with Gasteiger partial charge < -0.3 is 20.9 Å². The van der Waals surface area contributed by atoms with Crippen LogP contribution in [0.3, 0.4) is 0 Å². The summed E-state index contributed by atoms with van der Waals surface area (Å²) in [6, 6.07) is 4.30. The van der Waals surface area contributed by atoms with E-state index in [2.05, 4.69) is 42.7 Å². The molecule has 66 heavy (non-hydrogen) atoms. The van der Waals surface area contributed by atoms with Crippen LogP contribution in [0.4, 0.5) is 23.2 Å². The minimum atomic E-state index is -2.98. The lowest BCUT2D eigenvalue weighted by atomic mass is 9.85. The molecule has 7 heterocycles. The molecule has 1 aromatic carbocycles. The number of nitrogens with zero attached hydrogens (tertiary/aromatic N) is 10. The Morgan fingerprint density at radius 1 is 1.06 bits per heavy atom. The van der Waals surface area contributed by atoms with Crippen molar-refractivity contribution in [3.8, 4) is 0 Å². The molecule has 17 nitrogen and oxygen atoms in total. The van der Waals surface area contributed by atoms with Gasteiger partial charge in [0.05, 0.1) is 29.3 Å². The van der Waals surface area contributed by atoms with Crippen LogP contribution in [-0.2, 0) is 28.0 Å². The third-order valence-corrected chi connectivity index (χ3v) is 14.4. The lowest BCUT2D eigenvalue weighted by molar-refractivity contribution is -0.135. The third-order valence-electron chi connectivity index (χ3n) is 14.4. The van der Waals surface area contributed by atoms with Crippen LogP contribution < -0.4 is 22.1 Å². The fourth-order valence-electron chi connectivity index (χ4n) is 10.9. The lowest BCUT2D eigenvalue weighted by Gasteiger charge is -2.38. The van der Waals surface area contributed by atoms with Gasteiger partial charge in [-0.3, -0.25) is 38.4 Å². The summed E-state index contributed by atoms with van der Waals surface area (Å²) in [5.41, 5.74) is 7.61. The molecular formula is C45H59F4N13O4. The predicted molar refractivity (Wildman–Crippen MR) is 239 cm³/mol. The average Bonchev–Trinajstić information content (AvgIpc) is 3.97. The number of likely N-dealkylation sites (tertiary alicyclic amines) is 2. The first-order valence-corrected chi connectivity index (χ1v) is 23.2. The number of carbonyl (C=O) groups is 3. The Hall–Kier alpha value is -5.41.